The number of nitrogens with zero attached hydrogens (tertiary/aromatic N) is 1. The Kier molecular flexibility index (Phi) is 4.56. The van der Waals surface area contributed by atoms with Gasteiger partial charge in [-0.05, 0) is 36.2 Å². The number of rotatable bonds is 3. The van der Waals surface area contributed by atoms with E-state index in [9.17, 15) is 4.79 Å². The predicted molar refractivity (Wildman–Crippen MR) is 80.5 cm³/mol. The van der Waals surface area contributed by atoms with Crippen molar-refractivity contribution >= 4 is 39.1 Å². The van der Waals surface area contributed by atoms with Gasteiger partial charge in [0.1, 0.15) is 5.15 Å². The van der Waals surface area contributed by atoms with Crippen molar-refractivity contribution in [2.45, 2.75) is 13.3 Å². The van der Waals surface area contributed by atoms with Gasteiger partial charge >= 0.3 is 0 Å². The van der Waals surface area contributed by atoms with Crippen molar-refractivity contribution < 1.29 is 4.79 Å². The molecule has 1 heterocycles. The molecule has 5 heteroatoms. The fourth-order valence-electron chi connectivity index (χ4n) is 1.62. The van der Waals surface area contributed by atoms with Gasteiger partial charge < -0.3 is 5.32 Å². The van der Waals surface area contributed by atoms with Gasteiger partial charge in [0.25, 0.3) is 0 Å². The summed E-state index contributed by atoms with van der Waals surface area (Å²) in [6, 6.07) is 9.45. The van der Waals surface area contributed by atoms with Crippen molar-refractivity contribution in [2.75, 3.05) is 5.32 Å². The zero-order valence-corrected chi connectivity index (χ0v) is 12.6. The normalized spacial score (nSPS) is 10.3. The lowest BCUT2D eigenvalue weighted by molar-refractivity contribution is -0.115. The largest absolute Gasteiger partial charge is 0.324 e. The summed E-state index contributed by atoms with van der Waals surface area (Å²) in [7, 11) is 0. The molecule has 0 saturated carbocycles. The van der Waals surface area contributed by atoms with Crippen LogP contribution in [0.1, 0.15) is 11.1 Å². The van der Waals surface area contributed by atoms with E-state index in [0.717, 1.165) is 15.6 Å². The predicted octanol–water partition coefficient (Wildman–Crippen LogP) is 3.99. The molecule has 0 aliphatic carbocycles. The summed E-state index contributed by atoms with van der Waals surface area (Å²) in [5.41, 5.74) is 2.45. The maximum Gasteiger partial charge on any atom is 0.228 e. The van der Waals surface area contributed by atoms with E-state index in [-0.39, 0.29) is 5.91 Å². The van der Waals surface area contributed by atoms with E-state index >= 15 is 0 Å². The summed E-state index contributed by atoms with van der Waals surface area (Å²) < 4.78 is 0.995. The highest BCUT2D eigenvalue weighted by Gasteiger charge is 2.05. The van der Waals surface area contributed by atoms with E-state index in [4.69, 9.17) is 11.6 Å². The van der Waals surface area contributed by atoms with E-state index in [1.54, 1.807) is 12.3 Å². The molecular formula is C14H12BrClN2O. The van der Waals surface area contributed by atoms with Crippen molar-refractivity contribution in [2.24, 2.45) is 0 Å². The van der Waals surface area contributed by atoms with Gasteiger partial charge in [0.15, 0.2) is 0 Å². The molecule has 2 aromatic rings. The molecule has 3 nitrogen and oxygen atoms in total. The second kappa shape index (κ2) is 6.17. The molecule has 0 atom stereocenters. The van der Waals surface area contributed by atoms with Gasteiger partial charge in [-0.2, -0.15) is 0 Å². The Balaban J connectivity index is 2.01. The number of anilines is 1. The minimum atomic E-state index is -0.0779. The van der Waals surface area contributed by atoms with Crippen molar-refractivity contribution in [1.82, 2.24) is 4.98 Å². The number of amides is 1. The van der Waals surface area contributed by atoms with Crippen LogP contribution < -0.4 is 5.32 Å². The van der Waals surface area contributed by atoms with Crippen LogP contribution in [0, 0.1) is 6.92 Å². The lowest BCUT2D eigenvalue weighted by Crippen LogP contribution is -2.14. The summed E-state index contributed by atoms with van der Waals surface area (Å²) in [6.45, 7) is 1.85. The van der Waals surface area contributed by atoms with E-state index in [0.29, 0.717) is 17.3 Å². The summed E-state index contributed by atoms with van der Waals surface area (Å²) in [4.78, 5) is 15.9. The number of hydrogen-bond acceptors (Lipinski definition) is 2. The molecule has 19 heavy (non-hydrogen) atoms. The molecule has 1 amide bonds. The van der Waals surface area contributed by atoms with Crippen LogP contribution in [0.5, 0.6) is 0 Å². The smallest absolute Gasteiger partial charge is 0.228 e. The number of aryl methyl sites for hydroxylation is 1. The molecule has 0 unspecified atom stereocenters. The fraction of sp³-hybridized carbons (Fsp3) is 0.143. The Morgan fingerprint density at radius 2 is 2.05 bits per heavy atom. The molecule has 0 saturated heterocycles. The van der Waals surface area contributed by atoms with Gasteiger partial charge in [0, 0.05) is 4.47 Å². The zero-order chi connectivity index (χ0) is 13.8. The fourth-order valence-corrected chi connectivity index (χ4v) is 1.99. The lowest BCUT2D eigenvalue weighted by Gasteiger charge is -2.06. The third-order valence-corrected chi connectivity index (χ3v) is 3.50. The molecule has 1 N–H and O–H groups in total. The number of hydrogen-bond donors (Lipinski definition) is 1. The Morgan fingerprint density at radius 3 is 2.68 bits per heavy atom. The average Bonchev–Trinajstić information content (AvgIpc) is 2.37. The van der Waals surface area contributed by atoms with Crippen LogP contribution in [0.25, 0.3) is 0 Å². The van der Waals surface area contributed by atoms with E-state index < -0.39 is 0 Å². The van der Waals surface area contributed by atoms with Gasteiger partial charge in [-0.25, -0.2) is 4.98 Å². The molecule has 1 aromatic heterocycles. The molecule has 0 bridgehead atoms. The molecule has 0 spiro atoms. The number of benzene rings is 1. The lowest BCUT2D eigenvalue weighted by atomic mass is 10.1. The third-order valence-electron chi connectivity index (χ3n) is 2.58. The van der Waals surface area contributed by atoms with Crippen LogP contribution in [-0.2, 0) is 11.2 Å². The van der Waals surface area contributed by atoms with Crippen molar-refractivity contribution in [1.29, 1.82) is 0 Å². The van der Waals surface area contributed by atoms with Gasteiger partial charge in [0.2, 0.25) is 5.91 Å². The van der Waals surface area contributed by atoms with Crippen LogP contribution in [-0.4, -0.2) is 10.9 Å². The topological polar surface area (TPSA) is 42.0 Å². The van der Waals surface area contributed by atoms with Crippen molar-refractivity contribution in [3.05, 3.63) is 57.3 Å². The Labute approximate surface area is 125 Å². The van der Waals surface area contributed by atoms with Gasteiger partial charge in [-0.3, -0.25) is 4.79 Å². The Bertz CT molecular complexity index is 599. The maximum atomic E-state index is 11.9. The maximum absolute atomic E-state index is 11.9. The first-order valence-electron chi connectivity index (χ1n) is 5.71. The second-order valence-corrected chi connectivity index (χ2v) is 5.46. The number of carbonyl (C=O) groups excluding carboxylic acids is 1. The number of halogens is 2. The molecule has 0 fully saturated rings. The number of carbonyl (C=O) groups is 1. The Morgan fingerprint density at radius 1 is 1.37 bits per heavy atom. The van der Waals surface area contributed by atoms with Crippen molar-refractivity contribution in [3.63, 3.8) is 0 Å². The molecule has 0 aliphatic rings. The highest BCUT2D eigenvalue weighted by Crippen LogP contribution is 2.16. The number of pyridine rings is 1. The van der Waals surface area contributed by atoms with E-state index in [1.165, 1.54) is 0 Å². The molecular weight excluding hydrogens is 328 g/mol. The monoisotopic (exact) mass is 338 g/mol. The zero-order valence-electron chi connectivity index (χ0n) is 10.3. The molecule has 1 aromatic carbocycles. The number of nitrogens with one attached hydrogen (secondary N) is 1. The van der Waals surface area contributed by atoms with Crippen LogP contribution in [0.2, 0.25) is 5.15 Å². The van der Waals surface area contributed by atoms with Gasteiger partial charge in [-0.15, -0.1) is 0 Å². The minimum absolute atomic E-state index is 0.0779. The summed E-state index contributed by atoms with van der Waals surface area (Å²) >= 11 is 9.19. The molecule has 2 rings (SSSR count). The first kappa shape index (κ1) is 14.0. The van der Waals surface area contributed by atoms with Crippen LogP contribution in [0.3, 0.4) is 0 Å². The number of aromatic nitrogens is 1. The standard InChI is InChI=1S/C14H12BrClN2O/c1-9-6-12(8-17-14(9)16)18-13(19)7-10-2-4-11(15)5-3-10/h2-6,8H,7H2,1H3,(H,18,19). The van der Waals surface area contributed by atoms with Crippen molar-refractivity contribution in [3.8, 4) is 0 Å². The van der Waals surface area contributed by atoms with Crippen LogP contribution >= 0.6 is 27.5 Å². The van der Waals surface area contributed by atoms with E-state index in [1.807, 2.05) is 31.2 Å². The summed E-state index contributed by atoms with van der Waals surface area (Å²) in [5, 5.41) is 3.25. The molecule has 0 radical (unpaired) electrons. The summed E-state index contributed by atoms with van der Waals surface area (Å²) in [6.07, 6.45) is 1.88. The van der Waals surface area contributed by atoms with Gasteiger partial charge in [-0.1, -0.05) is 39.7 Å². The molecule has 0 aliphatic heterocycles. The minimum Gasteiger partial charge on any atom is -0.324 e. The average molecular weight is 340 g/mol. The highest BCUT2D eigenvalue weighted by atomic mass is 79.9. The Hall–Kier alpha value is -1.39. The highest BCUT2D eigenvalue weighted by molar-refractivity contribution is 9.10. The first-order valence-corrected chi connectivity index (χ1v) is 6.88. The van der Waals surface area contributed by atoms with E-state index in [2.05, 4.69) is 26.2 Å². The third kappa shape index (κ3) is 4.04. The second-order valence-electron chi connectivity index (χ2n) is 4.18. The quantitative estimate of drug-likeness (QED) is 0.859. The molecule has 98 valence electrons. The van der Waals surface area contributed by atoms with Gasteiger partial charge in [0.05, 0.1) is 18.3 Å². The first-order chi connectivity index (χ1) is 9.04. The summed E-state index contributed by atoms with van der Waals surface area (Å²) in [5.74, 6) is -0.0779. The van der Waals surface area contributed by atoms with Crippen LogP contribution in [0.4, 0.5) is 5.69 Å². The van der Waals surface area contributed by atoms with Crippen LogP contribution in [0.15, 0.2) is 41.0 Å². The SMILES string of the molecule is Cc1cc(NC(=O)Cc2ccc(Br)cc2)cnc1Cl.